The van der Waals surface area contributed by atoms with Gasteiger partial charge in [-0.15, -0.1) is 0 Å². The third kappa shape index (κ3) is 4.35. The van der Waals surface area contributed by atoms with E-state index in [1.165, 1.54) is 5.56 Å². The molecule has 1 aliphatic rings. The highest BCUT2D eigenvalue weighted by molar-refractivity contribution is 5.53. The van der Waals surface area contributed by atoms with E-state index in [0.717, 1.165) is 31.5 Å². The number of hydrogen-bond acceptors (Lipinski definition) is 8. The van der Waals surface area contributed by atoms with Crippen LogP contribution in [-0.4, -0.2) is 51.9 Å². The zero-order valence-electron chi connectivity index (χ0n) is 15.8. The van der Waals surface area contributed by atoms with Crippen LogP contribution in [-0.2, 0) is 11.3 Å². The number of methoxy groups -OCH3 is 1. The number of ether oxygens (including phenoxy) is 2. The van der Waals surface area contributed by atoms with Gasteiger partial charge in [0.1, 0.15) is 6.61 Å². The Labute approximate surface area is 163 Å². The minimum atomic E-state index is 0.138. The molecular formula is C20H23N5O3. The van der Waals surface area contributed by atoms with Crippen LogP contribution in [0.1, 0.15) is 30.3 Å². The maximum Gasteiger partial charge on any atom is 0.244 e. The summed E-state index contributed by atoms with van der Waals surface area (Å²) in [5, 5.41) is 4.15. The summed E-state index contributed by atoms with van der Waals surface area (Å²) in [6.07, 6.45) is 7.46. The molecule has 4 rings (SSSR count). The first-order valence-corrected chi connectivity index (χ1v) is 9.38. The van der Waals surface area contributed by atoms with Crippen LogP contribution in [0.3, 0.4) is 0 Å². The Morgan fingerprint density at radius 3 is 2.86 bits per heavy atom. The molecule has 0 aliphatic carbocycles. The standard InChI is InChI=1S/C20H23N5O3/c1-26-11-12-27-18-5-4-16(13-22-18)19-23-20(28-24-19)17-3-2-10-25(17)14-15-6-8-21-9-7-15/h4-9,13,17H,2-3,10-12,14H2,1H3. The molecule has 1 saturated heterocycles. The van der Waals surface area contributed by atoms with Crippen LogP contribution in [0.15, 0.2) is 47.4 Å². The van der Waals surface area contributed by atoms with E-state index in [1.54, 1.807) is 19.4 Å². The Bertz CT molecular complexity index is 869. The summed E-state index contributed by atoms with van der Waals surface area (Å²) in [4.78, 5) is 15.4. The summed E-state index contributed by atoms with van der Waals surface area (Å²) in [5.74, 6) is 1.74. The lowest BCUT2D eigenvalue weighted by molar-refractivity contribution is 0.144. The van der Waals surface area contributed by atoms with Gasteiger partial charge in [0.2, 0.25) is 17.6 Å². The lowest BCUT2D eigenvalue weighted by atomic mass is 10.2. The molecule has 0 saturated carbocycles. The van der Waals surface area contributed by atoms with Gasteiger partial charge in [-0.3, -0.25) is 9.88 Å². The number of rotatable bonds is 8. The smallest absolute Gasteiger partial charge is 0.244 e. The molecule has 0 radical (unpaired) electrons. The minimum Gasteiger partial charge on any atom is -0.475 e. The van der Waals surface area contributed by atoms with Crippen molar-refractivity contribution in [3.8, 4) is 17.3 Å². The molecule has 8 nitrogen and oxygen atoms in total. The molecule has 1 fully saturated rings. The van der Waals surface area contributed by atoms with Gasteiger partial charge in [0, 0.05) is 43.9 Å². The van der Waals surface area contributed by atoms with Crippen molar-refractivity contribution < 1.29 is 14.0 Å². The zero-order valence-corrected chi connectivity index (χ0v) is 15.8. The van der Waals surface area contributed by atoms with E-state index in [4.69, 9.17) is 14.0 Å². The lowest BCUT2D eigenvalue weighted by Crippen LogP contribution is -2.23. The maximum absolute atomic E-state index is 5.59. The van der Waals surface area contributed by atoms with Gasteiger partial charge in [-0.1, -0.05) is 5.16 Å². The molecule has 0 spiro atoms. The molecule has 28 heavy (non-hydrogen) atoms. The predicted octanol–water partition coefficient (Wildman–Crippen LogP) is 2.89. The molecule has 4 heterocycles. The summed E-state index contributed by atoms with van der Waals surface area (Å²) < 4.78 is 16.0. The van der Waals surface area contributed by atoms with Gasteiger partial charge in [-0.05, 0) is 43.1 Å². The third-order valence-corrected chi connectivity index (χ3v) is 4.76. The van der Waals surface area contributed by atoms with Gasteiger partial charge in [0.05, 0.1) is 12.6 Å². The summed E-state index contributed by atoms with van der Waals surface area (Å²) in [7, 11) is 1.64. The number of likely N-dealkylation sites (tertiary alicyclic amines) is 1. The molecule has 0 amide bonds. The average Bonchev–Trinajstić information content (AvgIpc) is 3.39. The number of hydrogen-bond donors (Lipinski definition) is 0. The van der Waals surface area contributed by atoms with Gasteiger partial charge in [-0.25, -0.2) is 4.98 Å². The molecule has 8 heteroatoms. The third-order valence-electron chi connectivity index (χ3n) is 4.76. The largest absolute Gasteiger partial charge is 0.475 e. The molecular weight excluding hydrogens is 358 g/mol. The van der Waals surface area contributed by atoms with E-state index in [1.807, 2.05) is 30.6 Å². The molecule has 1 unspecified atom stereocenters. The minimum absolute atomic E-state index is 0.138. The molecule has 1 atom stereocenters. The van der Waals surface area contributed by atoms with Gasteiger partial charge in [0.15, 0.2) is 0 Å². The van der Waals surface area contributed by atoms with E-state index in [2.05, 4.69) is 25.0 Å². The van der Waals surface area contributed by atoms with Crippen LogP contribution in [0, 0.1) is 0 Å². The van der Waals surface area contributed by atoms with Crippen LogP contribution in [0.5, 0.6) is 5.88 Å². The van der Waals surface area contributed by atoms with E-state index in [-0.39, 0.29) is 6.04 Å². The van der Waals surface area contributed by atoms with Crippen molar-refractivity contribution >= 4 is 0 Å². The van der Waals surface area contributed by atoms with Crippen molar-refractivity contribution in [1.82, 2.24) is 25.0 Å². The monoisotopic (exact) mass is 381 g/mol. The molecule has 1 aliphatic heterocycles. The first kappa shape index (κ1) is 18.5. The van der Waals surface area contributed by atoms with Crippen molar-refractivity contribution in [2.24, 2.45) is 0 Å². The zero-order chi connectivity index (χ0) is 19.2. The molecule has 3 aromatic heterocycles. The number of nitrogens with zero attached hydrogens (tertiary/aromatic N) is 5. The van der Waals surface area contributed by atoms with Gasteiger partial charge >= 0.3 is 0 Å². The highest BCUT2D eigenvalue weighted by Crippen LogP contribution is 2.33. The van der Waals surface area contributed by atoms with Gasteiger partial charge in [0.25, 0.3) is 0 Å². The lowest BCUT2D eigenvalue weighted by Gasteiger charge is -2.21. The molecule has 0 aromatic carbocycles. The highest BCUT2D eigenvalue weighted by atomic mass is 16.5. The van der Waals surface area contributed by atoms with E-state index < -0.39 is 0 Å². The SMILES string of the molecule is COCCOc1ccc(-c2noc(C3CCCN3Cc3ccncc3)n2)cn1. The molecule has 0 bridgehead atoms. The Morgan fingerprint density at radius 1 is 1.18 bits per heavy atom. The normalized spacial score (nSPS) is 17.1. The fourth-order valence-corrected chi connectivity index (χ4v) is 3.33. The van der Waals surface area contributed by atoms with Crippen LogP contribution < -0.4 is 4.74 Å². The van der Waals surface area contributed by atoms with E-state index in [0.29, 0.717) is 30.8 Å². The van der Waals surface area contributed by atoms with Crippen LogP contribution in [0.4, 0.5) is 0 Å². The first-order valence-electron chi connectivity index (χ1n) is 9.38. The maximum atomic E-state index is 5.59. The van der Waals surface area contributed by atoms with Gasteiger partial charge in [-0.2, -0.15) is 4.98 Å². The second-order valence-electron chi connectivity index (χ2n) is 6.67. The van der Waals surface area contributed by atoms with E-state index >= 15 is 0 Å². The quantitative estimate of drug-likeness (QED) is 0.551. The fourth-order valence-electron chi connectivity index (χ4n) is 3.33. The number of pyridine rings is 2. The average molecular weight is 381 g/mol. The summed E-state index contributed by atoms with van der Waals surface area (Å²) in [5.41, 5.74) is 2.03. The summed E-state index contributed by atoms with van der Waals surface area (Å²) in [6, 6.07) is 7.89. The van der Waals surface area contributed by atoms with Crippen LogP contribution in [0.25, 0.3) is 11.4 Å². The predicted molar refractivity (Wildman–Crippen MR) is 102 cm³/mol. The Morgan fingerprint density at radius 2 is 2.07 bits per heavy atom. The van der Waals surface area contributed by atoms with Crippen molar-refractivity contribution in [1.29, 1.82) is 0 Å². The highest BCUT2D eigenvalue weighted by Gasteiger charge is 2.30. The Hall–Kier alpha value is -2.84. The molecule has 3 aromatic rings. The molecule has 146 valence electrons. The van der Waals surface area contributed by atoms with Crippen molar-refractivity contribution in [3.05, 3.63) is 54.3 Å². The summed E-state index contributed by atoms with van der Waals surface area (Å²) in [6.45, 7) is 2.85. The fraction of sp³-hybridized carbons (Fsp3) is 0.400. The second-order valence-corrected chi connectivity index (χ2v) is 6.67. The summed E-state index contributed by atoms with van der Waals surface area (Å²) >= 11 is 0. The van der Waals surface area contributed by atoms with Crippen molar-refractivity contribution in [3.63, 3.8) is 0 Å². The van der Waals surface area contributed by atoms with Crippen LogP contribution in [0.2, 0.25) is 0 Å². The Kier molecular flexibility index (Phi) is 5.89. The van der Waals surface area contributed by atoms with E-state index in [9.17, 15) is 0 Å². The topological polar surface area (TPSA) is 86.4 Å². The molecule has 0 N–H and O–H groups in total. The van der Waals surface area contributed by atoms with Crippen molar-refractivity contribution in [2.45, 2.75) is 25.4 Å². The Balaban J connectivity index is 1.43. The second kappa shape index (κ2) is 8.90. The first-order chi connectivity index (χ1) is 13.8. The van der Waals surface area contributed by atoms with Crippen LogP contribution >= 0.6 is 0 Å². The number of aromatic nitrogens is 4. The van der Waals surface area contributed by atoms with Crippen molar-refractivity contribution in [2.75, 3.05) is 26.9 Å². The van der Waals surface area contributed by atoms with Gasteiger partial charge < -0.3 is 14.0 Å².